The van der Waals surface area contributed by atoms with Crippen LogP contribution in [0.3, 0.4) is 0 Å². The summed E-state index contributed by atoms with van der Waals surface area (Å²) in [5, 5.41) is 15.0. The second kappa shape index (κ2) is 4.47. The van der Waals surface area contributed by atoms with Gasteiger partial charge in [0.05, 0.1) is 21.9 Å². The Morgan fingerprint density at radius 3 is 2.76 bits per heavy atom. The summed E-state index contributed by atoms with van der Waals surface area (Å²) in [6.45, 7) is 1.98. The first-order valence-corrected chi connectivity index (χ1v) is 5.90. The van der Waals surface area contributed by atoms with Crippen LogP contribution in [0, 0.1) is 6.92 Å². The van der Waals surface area contributed by atoms with E-state index < -0.39 is 5.97 Å². The third kappa shape index (κ3) is 2.39. The van der Waals surface area contributed by atoms with Crippen molar-refractivity contribution in [2.45, 2.75) is 6.92 Å². The van der Waals surface area contributed by atoms with Crippen LogP contribution in [-0.2, 0) is 0 Å². The molecule has 1 aromatic heterocycles. The fraction of sp³-hybridized carbons (Fsp3) is 0.0833. The zero-order valence-electron chi connectivity index (χ0n) is 9.23. The Bertz CT molecular complexity index is 563. The number of carboxylic acids is 1. The van der Waals surface area contributed by atoms with Gasteiger partial charge in [-0.2, -0.15) is 0 Å². The Kier molecular flexibility index (Phi) is 3.01. The molecule has 0 saturated carbocycles. The molecule has 4 nitrogen and oxygen atoms in total. The summed E-state index contributed by atoms with van der Waals surface area (Å²) in [7, 11) is 0. The number of hydrogen-bond acceptors (Lipinski definition) is 4. The summed E-state index contributed by atoms with van der Waals surface area (Å²) in [5.74, 6) is -0.962. The molecule has 0 saturated heterocycles. The zero-order chi connectivity index (χ0) is 12.4. The Morgan fingerprint density at radius 1 is 1.41 bits per heavy atom. The average Bonchev–Trinajstić information content (AvgIpc) is 2.67. The number of aromatic carboxylic acids is 1. The largest absolute Gasteiger partial charge is 0.478 e. The number of benzene rings is 1. The average molecular weight is 248 g/mol. The van der Waals surface area contributed by atoms with Crippen LogP contribution < -0.4 is 11.1 Å². The smallest absolute Gasteiger partial charge is 0.335 e. The van der Waals surface area contributed by atoms with E-state index >= 15 is 0 Å². The summed E-state index contributed by atoms with van der Waals surface area (Å²) >= 11 is 1.55. The fourth-order valence-corrected chi connectivity index (χ4v) is 2.25. The molecule has 0 aliphatic heterocycles. The summed E-state index contributed by atoms with van der Waals surface area (Å²) < 4.78 is 0. The molecule has 0 aliphatic carbocycles. The Hall–Kier alpha value is -2.01. The SMILES string of the molecule is Cc1ccsc1Nc1cc(C(=O)O)ccc1N. The van der Waals surface area contributed by atoms with Gasteiger partial charge < -0.3 is 16.2 Å². The van der Waals surface area contributed by atoms with Crippen molar-refractivity contribution in [3.63, 3.8) is 0 Å². The van der Waals surface area contributed by atoms with Gasteiger partial charge in [-0.3, -0.25) is 0 Å². The predicted molar refractivity (Wildman–Crippen MR) is 70.2 cm³/mol. The highest BCUT2D eigenvalue weighted by Crippen LogP contribution is 2.29. The third-order valence-corrected chi connectivity index (χ3v) is 3.34. The van der Waals surface area contributed by atoms with Crippen molar-refractivity contribution in [1.82, 2.24) is 0 Å². The minimum Gasteiger partial charge on any atom is -0.478 e. The van der Waals surface area contributed by atoms with E-state index in [4.69, 9.17) is 10.8 Å². The van der Waals surface area contributed by atoms with Crippen molar-refractivity contribution >= 4 is 33.7 Å². The molecule has 0 unspecified atom stereocenters. The third-order valence-electron chi connectivity index (χ3n) is 2.41. The second-order valence-electron chi connectivity index (χ2n) is 3.66. The molecule has 0 amide bonds. The minimum absolute atomic E-state index is 0.218. The van der Waals surface area contributed by atoms with Crippen molar-refractivity contribution in [2.24, 2.45) is 0 Å². The zero-order valence-corrected chi connectivity index (χ0v) is 10.0. The molecule has 0 atom stereocenters. The van der Waals surface area contributed by atoms with Gasteiger partial charge in [-0.15, -0.1) is 11.3 Å². The Balaban J connectivity index is 2.35. The maximum absolute atomic E-state index is 10.9. The van der Waals surface area contributed by atoms with Crippen LogP contribution in [0.4, 0.5) is 16.4 Å². The van der Waals surface area contributed by atoms with Crippen LogP contribution in [-0.4, -0.2) is 11.1 Å². The summed E-state index contributed by atoms with van der Waals surface area (Å²) in [6.07, 6.45) is 0. The highest BCUT2D eigenvalue weighted by Gasteiger charge is 2.08. The van der Waals surface area contributed by atoms with Crippen molar-refractivity contribution in [3.05, 3.63) is 40.8 Å². The lowest BCUT2D eigenvalue weighted by molar-refractivity contribution is 0.0697. The molecular weight excluding hydrogens is 236 g/mol. The lowest BCUT2D eigenvalue weighted by Crippen LogP contribution is -2.01. The molecule has 0 spiro atoms. The van der Waals surface area contributed by atoms with Gasteiger partial charge in [-0.05, 0) is 42.1 Å². The fourth-order valence-electron chi connectivity index (χ4n) is 1.42. The molecule has 88 valence electrons. The first-order chi connectivity index (χ1) is 8.08. The standard InChI is InChI=1S/C12H12N2O2S/c1-7-4-5-17-11(7)14-10-6-8(12(15)16)2-3-9(10)13/h2-6,14H,13H2,1H3,(H,15,16). The number of aryl methyl sites for hydroxylation is 1. The molecule has 4 N–H and O–H groups in total. The van der Waals surface area contributed by atoms with Gasteiger partial charge in [-0.1, -0.05) is 0 Å². The van der Waals surface area contributed by atoms with Crippen LogP contribution in [0.25, 0.3) is 0 Å². The molecule has 1 heterocycles. The number of rotatable bonds is 3. The number of hydrogen-bond donors (Lipinski definition) is 3. The van der Waals surface area contributed by atoms with Crippen molar-refractivity contribution in [1.29, 1.82) is 0 Å². The highest BCUT2D eigenvalue weighted by molar-refractivity contribution is 7.14. The van der Waals surface area contributed by atoms with Gasteiger partial charge in [0.2, 0.25) is 0 Å². The maximum atomic E-state index is 10.9. The molecule has 17 heavy (non-hydrogen) atoms. The van der Waals surface area contributed by atoms with E-state index in [1.54, 1.807) is 17.4 Å². The van der Waals surface area contributed by atoms with E-state index in [1.165, 1.54) is 12.1 Å². The summed E-state index contributed by atoms with van der Waals surface area (Å²) in [5.41, 5.74) is 8.28. The molecule has 1 aromatic carbocycles. The lowest BCUT2D eigenvalue weighted by atomic mass is 10.1. The van der Waals surface area contributed by atoms with Crippen LogP contribution in [0.15, 0.2) is 29.6 Å². The summed E-state index contributed by atoms with van der Waals surface area (Å²) in [6, 6.07) is 6.61. The van der Waals surface area contributed by atoms with Gasteiger partial charge in [0.1, 0.15) is 0 Å². The van der Waals surface area contributed by atoms with E-state index in [9.17, 15) is 4.79 Å². The van der Waals surface area contributed by atoms with Crippen LogP contribution in [0.2, 0.25) is 0 Å². The van der Waals surface area contributed by atoms with Crippen molar-refractivity contribution < 1.29 is 9.90 Å². The first kappa shape index (κ1) is 11.5. The molecule has 0 bridgehead atoms. The number of thiophene rings is 1. The highest BCUT2D eigenvalue weighted by atomic mass is 32.1. The number of nitrogens with one attached hydrogen (secondary N) is 1. The maximum Gasteiger partial charge on any atom is 0.335 e. The predicted octanol–water partition coefficient (Wildman–Crippen LogP) is 3.08. The molecule has 2 aromatic rings. The van der Waals surface area contributed by atoms with Gasteiger partial charge in [0.15, 0.2) is 0 Å². The number of anilines is 3. The normalized spacial score (nSPS) is 10.2. The summed E-state index contributed by atoms with van der Waals surface area (Å²) in [4.78, 5) is 10.9. The molecule has 0 fully saturated rings. The van der Waals surface area contributed by atoms with E-state index in [-0.39, 0.29) is 5.56 Å². The first-order valence-electron chi connectivity index (χ1n) is 5.02. The van der Waals surface area contributed by atoms with E-state index in [1.807, 2.05) is 18.4 Å². The molecule has 0 radical (unpaired) electrons. The minimum atomic E-state index is -0.962. The van der Waals surface area contributed by atoms with E-state index in [0.29, 0.717) is 11.4 Å². The van der Waals surface area contributed by atoms with Gasteiger partial charge in [-0.25, -0.2) is 4.79 Å². The second-order valence-corrected chi connectivity index (χ2v) is 4.58. The topological polar surface area (TPSA) is 75.3 Å². The molecule has 5 heteroatoms. The van der Waals surface area contributed by atoms with Gasteiger partial charge in [0, 0.05) is 0 Å². The van der Waals surface area contributed by atoms with Gasteiger partial charge >= 0.3 is 5.97 Å². The molecule has 2 rings (SSSR count). The van der Waals surface area contributed by atoms with E-state index in [0.717, 1.165) is 10.6 Å². The Labute approximate surface area is 103 Å². The quantitative estimate of drug-likeness (QED) is 0.730. The van der Waals surface area contributed by atoms with Crippen molar-refractivity contribution in [3.8, 4) is 0 Å². The van der Waals surface area contributed by atoms with Crippen LogP contribution >= 0.6 is 11.3 Å². The lowest BCUT2D eigenvalue weighted by Gasteiger charge is -2.09. The van der Waals surface area contributed by atoms with Crippen LogP contribution in [0.1, 0.15) is 15.9 Å². The van der Waals surface area contributed by atoms with Crippen molar-refractivity contribution in [2.75, 3.05) is 11.1 Å². The Morgan fingerprint density at radius 2 is 2.18 bits per heavy atom. The monoisotopic (exact) mass is 248 g/mol. The number of nitrogen functional groups attached to an aromatic ring is 1. The molecule has 0 aliphatic rings. The van der Waals surface area contributed by atoms with E-state index in [2.05, 4.69) is 5.32 Å². The number of nitrogens with two attached hydrogens (primary N) is 1. The number of carboxylic acid groups (broad SMARTS) is 1. The number of carbonyl (C=O) groups is 1. The van der Waals surface area contributed by atoms with Gasteiger partial charge in [0.25, 0.3) is 0 Å². The van der Waals surface area contributed by atoms with Crippen LogP contribution in [0.5, 0.6) is 0 Å². The molecular formula is C12H12N2O2S.